The largest absolute Gasteiger partial charge is 0.480 e. The maximum Gasteiger partial charge on any atom is 0.323 e. The van der Waals surface area contributed by atoms with Crippen molar-refractivity contribution in [2.24, 2.45) is 0 Å². The number of hydrogen-bond donors (Lipinski definition) is 2. The first-order valence-electron chi connectivity index (χ1n) is 5.54. The van der Waals surface area contributed by atoms with E-state index in [1.165, 1.54) is 0 Å². The number of carbonyl (C=O) groups is 1. The number of aliphatic carboxylic acids is 1. The summed E-state index contributed by atoms with van der Waals surface area (Å²) in [5.74, 6) is -0.919. The first kappa shape index (κ1) is 14.8. The molecular formula is C12H16ClNO4. The summed E-state index contributed by atoms with van der Waals surface area (Å²) in [5.41, 5.74) is 0.734. The van der Waals surface area contributed by atoms with Gasteiger partial charge in [0.25, 0.3) is 0 Å². The minimum Gasteiger partial charge on any atom is -0.480 e. The van der Waals surface area contributed by atoms with Crippen molar-refractivity contribution < 1.29 is 19.7 Å². The van der Waals surface area contributed by atoms with Gasteiger partial charge >= 0.3 is 5.97 Å². The predicted octanol–water partition coefficient (Wildman–Crippen LogP) is 1.24. The minimum absolute atomic E-state index is 0.0455. The van der Waals surface area contributed by atoms with Crippen molar-refractivity contribution in [2.45, 2.75) is 0 Å². The first-order valence-corrected chi connectivity index (χ1v) is 5.92. The topological polar surface area (TPSA) is 70.0 Å². The van der Waals surface area contributed by atoms with E-state index in [1.807, 2.05) is 0 Å². The second kappa shape index (κ2) is 7.92. The Morgan fingerprint density at radius 3 is 2.78 bits per heavy atom. The molecule has 1 aromatic carbocycles. The molecule has 6 heteroatoms. The Labute approximate surface area is 111 Å². The monoisotopic (exact) mass is 273 g/mol. The molecule has 1 aromatic rings. The quantitative estimate of drug-likeness (QED) is 0.698. The summed E-state index contributed by atoms with van der Waals surface area (Å²) in [4.78, 5) is 12.5. The summed E-state index contributed by atoms with van der Waals surface area (Å²) in [6, 6.07) is 6.99. The number of ether oxygens (including phenoxy) is 1. The van der Waals surface area contributed by atoms with E-state index in [0.29, 0.717) is 18.2 Å². The third kappa shape index (κ3) is 5.35. The van der Waals surface area contributed by atoms with Crippen molar-refractivity contribution in [3.63, 3.8) is 0 Å². The molecule has 2 N–H and O–H groups in total. The van der Waals surface area contributed by atoms with E-state index in [0.717, 1.165) is 5.69 Å². The smallest absolute Gasteiger partial charge is 0.323 e. The highest BCUT2D eigenvalue weighted by Gasteiger charge is 2.10. The highest BCUT2D eigenvalue weighted by atomic mass is 35.5. The number of aliphatic hydroxyl groups excluding tert-OH is 1. The van der Waals surface area contributed by atoms with E-state index in [4.69, 9.17) is 26.6 Å². The van der Waals surface area contributed by atoms with Gasteiger partial charge in [0.05, 0.1) is 19.8 Å². The number of hydrogen-bond acceptors (Lipinski definition) is 4. The number of benzene rings is 1. The summed E-state index contributed by atoms with van der Waals surface area (Å²) in [5, 5.41) is 18.0. The van der Waals surface area contributed by atoms with Crippen LogP contribution in [0.15, 0.2) is 24.3 Å². The van der Waals surface area contributed by atoms with Crippen LogP contribution in [0.4, 0.5) is 5.69 Å². The van der Waals surface area contributed by atoms with Gasteiger partial charge in [-0.2, -0.15) is 0 Å². The summed E-state index contributed by atoms with van der Waals surface area (Å²) in [6.07, 6.45) is 0. The van der Waals surface area contributed by atoms with E-state index in [2.05, 4.69) is 0 Å². The third-order valence-corrected chi connectivity index (χ3v) is 2.48. The maximum absolute atomic E-state index is 10.8. The van der Waals surface area contributed by atoms with Gasteiger partial charge in [0.2, 0.25) is 0 Å². The van der Waals surface area contributed by atoms with Gasteiger partial charge in [-0.15, -0.1) is 0 Å². The molecule has 0 amide bonds. The van der Waals surface area contributed by atoms with Crippen LogP contribution in [0.1, 0.15) is 0 Å². The molecule has 0 saturated carbocycles. The summed E-state index contributed by atoms with van der Waals surface area (Å²) in [7, 11) is 0. The van der Waals surface area contributed by atoms with Crippen molar-refractivity contribution in [1.29, 1.82) is 0 Å². The molecule has 0 atom stereocenters. The normalized spacial score (nSPS) is 10.3. The summed E-state index contributed by atoms with van der Waals surface area (Å²) < 4.78 is 5.13. The van der Waals surface area contributed by atoms with Gasteiger partial charge in [-0.05, 0) is 18.2 Å². The van der Waals surface area contributed by atoms with Gasteiger partial charge in [-0.25, -0.2) is 0 Å². The van der Waals surface area contributed by atoms with Crippen LogP contribution in [-0.4, -0.2) is 49.1 Å². The van der Waals surface area contributed by atoms with Gasteiger partial charge in [-0.1, -0.05) is 17.7 Å². The fraction of sp³-hybridized carbons (Fsp3) is 0.417. The lowest BCUT2D eigenvalue weighted by Gasteiger charge is -2.22. The molecule has 0 unspecified atom stereocenters. The Morgan fingerprint density at radius 2 is 2.17 bits per heavy atom. The Bertz CT molecular complexity index is 386. The number of aliphatic hydroxyl groups is 1. The van der Waals surface area contributed by atoms with Crippen LogP contribution >= 0.6 is 11.6 Å². The maximum atomic E-state index is 10.8. The van der Waals surface area contributed by atoms with Gasteiger partial charge in [0.1, 0.15) is 6.54 Å². The molecule has 0 spiro atoms. The standard InChI is InChI=1S/C12H16ClNO4/c13-10-2-1-3-11(8-10)14(9-12(16)17)4-6-18-7-5-15/h1-3,8,15H,4-7,9H2,(H,16,17). The van der Waals surface area contributed by atoms with Gasteiger partial charge in [0.15, 0.2) is 0 Å². The molecular weight excluding hydrogens is 258 g/mol. The second-order valence-corrected chi connectivity index (χ2v) is 4.07. The Kier molecular flexibility index (Phi) is 6.49. The van der Waals surface area contributed by atoms with Crippen LogP contribution in [0.5, 0.6) is 0 Å². The molecule has 0 aliphatic carbocycles. The lowest BCUT2D eigenvalue weighted by Crippen LogP contribution is -2.33. The molecule has 0 fully saturated rings. The second-order valence-electron chi connectivity index (χ2n) is 3.63. The number of nitrogens with zero attached hydrogens (tertiary/aromatic N) is 1. The number of halogens is 1. The van der Waals surface area contributed by atoms with Gasteiger partial charge in [0, 0.05) is 17.3 Å². The zero-order valence-electron chi connectivity index (χ0n) is 9.88. The Hall–Kier alpha value is -1.30. The van der Waals surface area contributed by atoms with Gasteiger partial charge in [-0.3, -0.25) is 4.79 Å². The fourth-order valence-corrected chi connectivity index (χ4v) is 1.66. The number of rotatable bonds is 8. The van der Waals surface area contributed by atoms with E-state index in [9.17, 15) is 4.79 Å². The lowest BCUT2D eigenvalue weighted by molar-refractivity contribution is -0.135. The van der Waals surface area contributed by atoms with Crippen LogP contribution < -0.4 is 4.90 Å². The van der Waals surface area contributed by atoms with Crippen LogP contribution in [0.3, 0.4) is 0 Å². The van der Waals surface area contributed by atoms with Crippen LogP contribution in [0.2, 0.25) is 5.02 Å². The first-order chi connectivity index (χ1) is 8.63. The minimum atomic E-state index is -0.919. The molecule has 1 rings (SSSR count). The average Bonchev–Trinajstić information content (AvgIpc) is 2.32. The molecule has 0 aliphatic heterocycles. The molecule has 0 aliphatic rings. The SMILES string of the molecule is O=C(O)CN(CCOCCO)c1cccc(Cl)c1. The molecule has 0 bridgehead atoms. The van der Waals surface area contributed by atoms with E-state index < -0.39 is 5.97 Å². The summed E-state index contributed by atoms with van der Waals surface area (Å²) in [6.45, 7) is 0.850. The molecule has 0 aromatic heterocycles. The molecule has 0 radical (unpaired) electrons. The van der Waals surface area contributed by atoms with Crippen LogP contribution in [0.25, 0.3) is 0 Å². The van der Waals surface area contributed by atoms with Crippen molar-refractivity contribution in [2.75, 3.05) is 37.8 Å². The number of anilines is 1. The number of carboxylic acid groups (broad SMARTS) is 1. The highest BCUT2D eigenvalue weighted by Crippen LogP contribution is 2.19. The number of carboxylic acids is 1. The van der Waals surface area contributed by atoms with Crippen molar-refractivity contribution in [1.82, 2.24) is 0 Å². The van der Waals surface area contributed by atoms with Crippen molar-refractivity contribution in [3.05, 3.63) is 29.3 Å². The highest BCUT2D eigenvalue weighted by molar-refractivity contribution is 6.30. The Morgan fingerprint density at radius 1 is 1.39 bits per heavy atom. The predicted molar refractivity (Wildman–Crippen MR) is 69.2 cm³/mol. The van der Waals surface area contributed by atoms with Crippen molar-refractivity contribution >= 4 is 23.3 Å². The Balaban J connectivity index is 2.62. The van der Waals surface area contributed by atoms with Gasteiger partial charge < -0.3 is 19.8 Å². The van der Waals surface area contributed by atoms with E-state index in [1.54, 1.807) is 29.2 Å². The van der Waals surface area contributed by atoms with Crippen LogP contribution in [0, 0.1) is 0 Å². The zero-order chi connectivity index (χ0) is 13.4. The summed E-state index contributed by atoms with van der Waals surface area (Å²) >= 11 is 5.87. The zero-order valence-corrected chi connectivity index (χ0v) is 10.6. The van der Waals surface area contributed by atoms with E-state index >= 15 is 0 Å². The average molecular weight is 274 g/mol. The molecule has 5 nitrogen and oxygen atoms in total. The van der Waals surface area contributed by atoms with Crippen molar-refractivity contribution in [3.8, 4) is 0 Å². The molecule has 18 heavy (non-hydrogen) atoms. The van der Waals surface area contributed by atoms with Crippen LogP contribution in [-0.2, 0) is 9.53 Å². The fourth-order valence-electron chi connectivity index (χ4n) is 1.48. The molecule has 0 heterocycles. The third-order valence-electron chi connectivity index (χ3n) is 2.24. The lowest BCUT2D eigenvalue weighted by atomic mass is 10.3. The van der Waals surface area contributed by atoms with E-state index in [-0.39, 0.29) is 19.8 Å². The molecule has 100 valence electrons. The molecule has 0 saturated heterocycles.